The van der Waals surface area contributed by atoms with E-state index in [4.69, 9.17) is 4.74 Å². The number of aryl methyl sites for hydroxylation is 1. The molecule has 2 rings (SSSR count). The first-order valence-corrected chi connectivity index (χ1v) is 6.30. The highest BCUT2D eigenvalue weighted by Gasteiger charge is 2.11. The minimum atomic E-state index is -0.381. The van der Waals surface area contributed by atoms with Gasteiger partial charge in [0.15, 0.2) is 0 Å². The lowest BCUT2D eigenvalue weighted by atomic mass is 10.1. The van der Waals surface area contributed by atoms with Gasteiger partial charge in [0.1, 0.15) is 5.75 Å². The van der Waals surface area contributed by atoms with Gasteiger partial charge in [-0.2, -0.15) is 0 Å². The first-order valence-electron chi connectivity index (χ1n) is 6.30. The molecule has 0 aliphatic heterocycles. The maximum absolute atomic E-state index is 12.0. The SMILES string of the molecule is CCOc1ccc(NC(=O)c2ccc(C)cc2O)cn1. The molecule has 0 atom stereocenters. The molecule has 1 aromatic carbocycles. The zero-order valence-electron chi connectivity index (χ0n) is 11.4. The standard InChI is InChI=1S/C15H16N2O3/c1-3-20-14-7-5-11(9-16-14)17-15(19)12-6-4-10(2)8-13(12)18/h4-9,18H,3H2,1-2H3,(H,17,19). The van der Waals surface area contributed by atoms with Crippen LogP contribution in [0.5, 0.6) is 11.6 Å². The van der Waals surface area contributed by atoms with Crippen molar-refractivity contribution in [2.45, 2.75) is 13.8 Å². The molecule has 5 heteroatoms. The molecule has 0 fully saturated rings. The van der Waals surface area contributed by atoms with E-state index in [2.05, 4.69) is 10.3 Å². The van der Waals surface area contributed by atoms with Gasteiger partial charge in [0.05, 0.1) is 24.1 Å². The Morgan fingerprint density at radius 3 is 2.75 bits per heavy atom. The number of phenolic OH excluding ortho intramolecular Hbond substituents is 1. The van der Waals surface area contributed by atoms with Gasteiger partial charge < -0.3 is 15.2 Å². The Morgan fingerprint density at radius 2 is 2.15 bits per heavy atom. The minimum Gasteiger partial charge on any atom is -0.507 e. The van der Waals surface area contributed by atoms with Crippen LogP contribution in [0.25, 0.3) is 0 Å². The largest absolute Gasteiger partial charge is 0.507 e. The molecule has 1 heterocycles. The van der Waals surface area contributed by atoms with Crippen molar-refractivity contribution in [2.24, 2.45) is 0 Å². The van der Waals surface area contributed by atoms with Crippen LogP contribution in [0, 0.1) is 6.92 Å². The van der Waals surface area contributed by atoms with E-state index in [0.717, 1.165) is 5.56 Å². The number of ether oxygens (including phenoxy) is 1. The number of aromatic hydroxyl groups is 1. The summed E-state index contributed by atoms with van der Waals surface area (Å²) in [5.41, 5.74) is 1.66. The second kappa shape index (κ2) is 6.06. The number of pyridine rings is 1. The number of nitrogens with one attached hydrogen (secondary N) is 1. The Labute approximate surface area is 117 Å². The summed E-state index contributed by atoms with van der Waals surface area (Å²) in [5.74, 6) is 0.0820. The number of hydrogen-bond acceptors (Lipinski definition) is 4. The van der Waals surface area contributed by atoms with Crippen LogP contribution in [0.15, 0.2) is 36.5 Å². The van der Waals surface area contributed by atoms with Gasteiger partial charge in [-0.05, 0) is 37.6 Å². The topological polar surface area (TPSA) is 71.5 Å². The number of carbonyl (C=O) groups is 1. The molecule has 20 heavy (non-hydrogen) atoms. The highest BCUT2D eigenvalue weighted by Crippen LogP contribution is 2.20. The Morgan fingerprint density at radius 1 is 1.35 bits per heavy atom. The number of nitrogens with zero attached hydrogens (tertiary/aromatic N) is 1. The fourth-order valence-electron chi connectivity index (χ4n) is 1.72. The third-order valence-corrected chi connectivity index (χ3v) is 2.68. The van der Waals surface area contributed by atoms with Gasteiger partial charge in [-0.1, -0.05) is 6.07 Å². The number of phenols is 1. The van der Waals surface area contributed by atoms with Crippen molar-refractivity contribution in [1.82, 2.24) is 4.98 Å². The molecule has 0 unspecified atom stereocenters. The van der Waals surface area contributed by atoms with Crippen LogP contribution in [-0.2, 0) is 0 Å². The van der Waals surface area contributed by atoms with E-state index in [1.54, 1.807) is 30.3 Å². The highest BCUT2D eigenvalue weighted by molar-refractivity contribution is 6.06. The lowest BCUT2D eigenvalue weighted by molar-refractivity contribution is 0.102. The summed E-state index contributed by atoms with van der Waals surface area (Å²) in [6, 6.07) is 8.27. The van der Waals surface area contributed by atoms with Gasteiger partial charge in [-0.3, -0.25) is 4.79 Å². The lowest BCUT2D eigenvalue weighted by Crippen LogP contribution is -2.12. The zero-order chi connectivity index (χ0) is 14.5. The molecule has 0 aliphatic carbocycles. The van der Waals surface area contributed by atoms with E-state index in [9.17, 15) is 9.90 Å². The lowest BCUT2D eigenvalue weighted by Gasteiger charge is -2.08. The van der Waals surface area contributed by atoms with Crippen LogP contribution in [0.2, 0.25) is 0 Å². The highest BCUT2D eigenvalue weighted by atomic mass is 16.5. The van der Waals surface area contributed by atoms with E-state index in [0.29, 0.717) is 18.2 Å². The van der Waals surface area contributed by atoms with Crippen molar-refractivity contribution < 1.29 is 14.6 Å². The number of amides is 1. The Hall–Kier alpha value is -2.56. The summed E-state index contributed by atoms with van der Waals surface area (Å²) in [7, 11) is 0. The molecule has 5 nitrogen and oxygen atoms in total. The van der Waals surface area contributed by atoms with Crippen molar-refractivity contribution in [3.05, 3.63) is 47.7 Å². The number of benzene rings is 1. The van der Waals surface area contributed by atoms with Gasteiger partial charge in [0.25, 0.3) is 5.91 Å². The molecular formula is C15H16N2O3. The molecule has 0 saturated carbocycles. The minimum absolute atomic E-state index is 0.0404. The van der Waals surface area contributed by atoms with Crippen molar-refractivity contribution in [3.63, 3.8) is 0 Å². The Kier molecular flexibility index (Phi) is 4.20. The molecule has 0 saturated heterocycles. The van der Waals surface area contributed by atoms with Crippen LogP contribution in [0.3, 0.4) is 0 Å². The summed E-state index contributed by atoms with van der Waals surface area (Å²) in [6.07, 6.45) is 1.51. The second-order valence-electron chi connectivity index (χ2n) is 4.29. The summed E-state index contributed by atoms with van der Waals surface area (Å²) >= 11 is 0. The number of rotatable bonds is 4. The fourth-order valence-corrected chi connectivity index (χ4v) is 1.72. The third-order valence-electron chi connectivity index (χ3n) is 2.68. The van der Waals surface area contributed by atoms with Crippen molar-refractivity contribution in [3.8, 4) is 11.6 Å². The van der Waals surface area contributed by atoms with E-state index >= 15 is 0 Å². The number of aromatic nitrogens is 1. The molecule has 0 spiro atoms. The van der Waals surface area contributed by atoms with E-state index in [-0.39, 0.29) is 17.2 Å². The van der Waals surface area contributed by atoms with Crippen LogP contribution in [-0.4, -0.2) is 22.6 Å². The third kappa shape index (κ3) is 3.26. The zero-order valence-corrected chi connectivity index (χ0v) is 11.4. The number of hydrogen-bond donors (Lipinski definition) is 2. The van der Waals surface area contributed by atoms with Crippen LogP contribution in [0.4, 0.5) is 5.69 Å². The van der Waals surface area contributed by atoms with Gasteiger partial charge in [-0.25, -0.2) is 4.98 Å². The van der Waals surface area contributed by atoms with Crippen molar-refractivity contribution in [1.29, 1.82) is 0 Å². The predicted octanol–water partition coefficient (Wildman–Crippen LogP) is 2.75. The first kappa shape index (κ1) is 13.9. The molecule has 104 valence electrons. The molecular weight excluding hydrogens is 256 g/mol. The first-order chi connectivity index (χ1) is 9.60. The van der Waals surface area contributed by atoms with Crippen molar-refractivity contribution in [2.75, 3.05) is 11.9 Å². The Balaban J connectivity index is 2.11. The smallest absolute Gasteiger partial charge is 0.259 e. The molecule has 0 aliphatic rings. The maximum atomic E-state index is 12.0. The molecule has 1 amide bonds. The van der Waals surface area contributed by atoms with Gasteiger partial charge in [0, 0.05) is 6.07 Å². The van der Waals surface area contributed by atoms with E-state index < -0.39 is 0 Å². The van der Waals surface area contributed by atoms with Gasteiger partial charge >= 0.3 is 0 Å². The van der Waals surface area contributed by atoms with Crippen LogP contribution in [0.1, 0.15) is 22.8 Å². The predicted molar refractivity (Wildman–Crippen MR) is 76.2 cm³/mol. The molecule has 1 aromatic heterocycles. The summed E-state index contributed by atoms with van der Waals surface area (Å²) in [5, 5.41) is 12.4. The van der Waals surface area contributed by atoms with Gasteiger partial charge in [0.2, 0.25) is 5.88 Å². The van der Waals surface area contributed by atoms with Crippen LogP contribution < -0.4 is 10.1 Å². The second-order valence-corrected chi connectivity index (χ2v) is 4.29. The number of carbonyl (C=O) groups excluding carboxylic acids is 1. The van der Waals surface area contributed by atoms with E-state index in [1.807, 2.05) is 13.8 Å². The fraction of sp³-hybridized carbons (Fsp3) is 0.200. The summed E-state index contributed by atoms with van der Waals surface area (Å²) in [4.78, 5) is 16.1. The average Bonchev–Trinajstić information content (AvgIpc) is 2.41. The number of anilines is 1. The van der Waals surface area contributed by atoms with E-state index in [1.165, 1.54) is 6.20 Å². The van der Waals surface area contributed by atoms with Crippen LogP contribution >= 0.6 is 0 Å². The van der Waals surface area contributed by atoms with Gasteiger partial charge in [-0.15, -0.1) is 0 Å². The summed E-state index contributed by atoms with van der Waals surface area (Å²) < 4.78 is 5.22. The summed E-state index contributed by atoms with van der Waals surface area (Å²) in [6.45, 7) is 4.26. The quantitative estimate of drug-likeness (QED) is 0.897. The molecule has 0 bridgehead atoms. The van der Waals surface area contributed by atoms with Crippen molar-refractivity contribution >= 4 is 11.6 Å². The normalized spacial score (nSPS) is 10.1. The monoisotopic (exact) mass is 272 g/mol. The maximum Gasteiger partial charge on any atom is 0.259 e. The average molecular weight is 272 g/mol. The Bertz CT molecular complexity index is 609. The molecule has 0 radical (unpaired) electrons. The molecule has 2 aromatic rings. The molecule has 2 N–H and O–H groups in total.